The maximum Gasteiger partial charge on any atom is 0.254 e. The van der Waals surface area contributed by atoms with E-state index >= 15 is 0 Å². The summed E-state index contributed by atoms with van der Waals surface area (Å²) < 4.78 is 5.95. The van der Waals surface area contributed by atoms with Gasteiger partial charge in [-0.05, 0) is 69.5 Å². The van der Waals surface area contributed by atoms with Crippen LogP contribution in [0.4, 0.5) is 0 Å². The summed E-state index contributed by atoms with van der Waals surface area (Å²) in [6, 6.07) is 15.1. The van der Waals surface area contributed by atoms with E-state index in [1.807, 2.05) is 62.1 Å². The van der Waals surface area contributed by atoms with Gasteiger partial charge in [0.05, 0.1) is 6.61 Å². The first-order valence-corrected chi connectivity index (χ1v) is 10.3. The third-order valence-corrected chi connectivity index (χ3v) is 5.20. The number of rotatable bonds is 6. The van der Waals surface area contributed by atoms with E-state index in [9.17, 15) is 9.59 Å². The third kappa shape index (κ3) is 5.59. The topological polar surface area (TPSA) is 58.6 Å². The summed E-state index contributed by atoms with van der Waals surface area (Å²) in [6.07, 6.45) is 2.03. The molecule has 0 radical (unpaired) electrons. The Kier molecular flexibility index (Phi) is 6.91. The fourth-order valence-electron chi connectivity index (χ4n) is 3.63. The van der Waals surface area contributed by atoms with E-state index in [2.05, 4.69) is 5.32 Å². The summed E-state index contributed by atoms with van der Waals surface area (Å²) in [7, 11) is 0. The SMILES string of the molecule is Cc1ccccc1C(=O)N1CCCC(COc2ccc(C(=O)NC(C)C)cc2)C1. The quantitative estimate of drug-likeness (QED) is 0.804. The third-order valence-electron chi connectivity index (χ3n) is 5.20. The second-order valence-electron chi connectivity index (χ2n) is 8.04. The largest absolute Gasteiger partial charge is 0.493 e. The van der Waals surface area contributed by atoms with E-state index in [0.29, 0.717) is 24.6 Å². The highest BCUT2D eigenvalue weighted by Crippen LogP contribution is 2.22. The van der Waals surface area contributed by atoms with Gasteiger partial charge in [0, 0.05) is 36.2 Å². The summed E-state index contributed by atoms with van der Waals surface area (Å²) in [4.78, 5) is 26.8. The van der Waals surface area contributed by atoms with Gasteiger partial charge in [-0.25, -0.2) is 0 Å². The number of nitrogens with zero attached hydrogens (tertiary/aromatic N) is 1. The Morgan fingerprint density at radius 1 is 1.14 bits per heavy atom. The van der Waals surface area contributed by atoms with Gasteiger partial charge in [-0.3, -0.25) is 9.59 Å². The number of nitrogens with one attached hydrogen (secondary N) is 1. The number of amides is 2. The number of carbonyl (C=O) groups excluding carboxylic acids is 2. The van der Waals surface area contributed by atoms with Crippen molar-refractivity contribution in [2.24, 2.45) is 5.92 Å². The molecule has 0 aliphatic carbocycles. The maximum atomic E-state index is 12.9. The maximum absolute atomic E-state index is 12.9. The van der Waals surface area contributed by atoms with Crippen LogP contribution in [-0.4, -0.2) is 42.5 Å². The highest BCUT2D eigenvalue weighted by molar-refractivity contribution is 5.95. The number of piperidine rings is 1. The Balaban J connectivity index is 1.54. The molecule has 1 N–H and O–H groups in total. The van der Waals surface area contributed by atoms with E-state index < -0.39 is 0 Å². The van der Waals surface area contributed by atoms with Crippen LogP contribution in [-0.2, 0) is 0 Å². The minimum absolute atomic E-state index is 0.0795. The van der Waals surface area contributed by atoms with Gasteiger partial charge in [-0.15, -0.1) is 0 Å². The van der Waals surface area contributed by atoms with E-state index in [-0.39, 0.29) is 17.9 Å². The van der Waals surface area contributed by atoms with Gasteiger partial charge in [0.2, 0.25) is 0 Å². The lowest BCUT2D eigenvalue weighted by molar-refractivity contribution is 0.0632. The minimum Gasteiger partial charge on any atom is -0.493 e. The summed E-state index contributed by atoms with van der Waals surface area (Å²) in [5, 5.41) is 2.88. The standard InChI is InChI=1S/C24H30N2O3/c1-17(2)25-23(27)20-10-12-21(13-11-20)29-16-19-8-6-14-26(15-19)24(28)22-9-5-4-7-18(22)3/h4-5,7,9-13,17,19H,6,8,14-16H2,1-3H3,(H,25,27). The lowest BCUT2D eigenvalue weighted by Gasteiger charge is -2.33. The van der Waals surface area contributed by atoms with Crippen LogP contribution in [0, 0.1) is 12.8 Å². The first-order valence-electron chi connectivity index (χ1n) is 10.3. The highest BCUT2D eigenvalue weighted by Gasteiger charge is 2.25. The van der Waals surface area contributed by atoms with Gasteiger partial charge < -0.3 is 15.0 Å². The number of hydrogen-bond acceptors (Lipinski definition) is 3. The molecule has 1 saturated heterocycles. The van der Waals surface area contributed by atoms with Crippen molar-refractivity contribution < 1.29 is 14.3 Å². The summed E-state index contributed by atoms with van der Waals surface area (Å²) in [5.74, 6) is 1.08. The van der Waals surface area contributed by atoms with E-state index in [1.54, 1.807) is 12.1 Å². The van der Waals surface area contributed by atoms with Crippen molar-refractivity contribution in [3.63, 3.8) is 0 Å². The van der Waals surface area contributed by atoms with E-state index in [4.69, 9.17) is 4.74 Å². The molecular formula is C24H30N2O3. The predicted octanol–water partition coefficient (Wildman–Crippen LogP) is 4.06. The van der Waals surface area contributed by atoms with Crippen molar-refractivity contribution in [3.8, 4) is 5.75 Å². The van der Waals surface area contributed by atoms with Crippen LogP contribution < -0.4 is 10.1 Å². The first kappa shape index (κ1) is 20.9. The molecule has 2 aromatic carbocycles. The molecule has 5 nitrogen and oxygen atoms in total. The number of carbonyl (C=O) groups is 2. The Morgan fingerprint density at radius 3 is 2.55 bits per heavy atom. The minimum atomic E-state index is -0.0795. The number of likely N-dealkylation sites (tertiary alicyclic amines) is 1. The normalized spacial score (nSPS) is 16.6. The van der Waals surface area contributed by atoms with Crippen molar-refractivity contribution in [1.29, 1.82) is 0 Å². The van der Waals surface area contributed by atoms with Gasteiger partial charge in [0.1, 0.15) is 5.75 Å². The molecule has 3 rings (SSSR count). The molecule has 154 valence electrons. The van der Waals surface area contributed by atoms with Crippen molar-refractivity contribution in [3.05, 3.63) is 65.2 Å². The Morgan fingerprint density at radius 2 is 1.86 bits per heavy atom. The van der Waals surface area contributed by atoms with Crippen LogP contribution in [0.3, 0.4) is 0 Å². The molecule has 1 atom stereocenters. The average Bonchev–Trinajstić information content (AvgIpc) is 2.72. The summed E-state index contributed by atoms with van der Waals surface area (Å²) >= 11 is 0. The fourth-order valence-corrected chi connectivity index (χ4v) is 3.63. The number of benzene rings is 2. The predicted molar refractivity (Wildman–Crippen MR) is 114 cm³/mol. The fraction of sp³-hybridized carbons (Fsp3) is 0.417. The monoisotopic (exact) mass is 394 g/mol. The Labute approximate surface area is 173 Å². The lowest BCUT2D eigenvalue weighted by Crippen LogP contribution is -2.41. The molecule has 2 aromatic rings. The van der Waals surface area contributed by atoms with Crippen LogP contribution in [0.15, 0.2) is 48.5 Å². The van der Waals surface area contributed by atoms with Crippen molar-refractivity contribution in [2.45, 2.75) is 39.7 Å². The van der Waals surface area contributed by atoms with Gasteiger partial charge >= 0.3 is 0 Å². The second-order valence-corrected chi connectivity index (χ2v) is 8.04. The van der Waals surface area contributed by atoms with Gasteiger partial charge in [0.25, 0.3) is 11.8 Å². The lowest BCUT2D eigenvalue weighted by atomic mass is 9.97. The molecule has 5 heteroatoms. The number of hydrogen-bond donors (Lipinski definition) is 1. The van der Waals surface area contributed by atoms with Crippen LogP contribution >= 0.6 is 0 Å². The molecule has 0 spiro atoms. The van der Waals surface area contributed by atoms with Crippen molar-refractivity contribution >= 4 is 11.8 Å². The molecule has 1 heterocycles. The van der Waals surface area contributed by atoms with E-state index in [0.717, 1.165) is 36.3 Å². The van der Waals surface area contributed by atoms with Crippen LogP contribution in [0.5, 0.6) is 5.75 Å². The molecule has 1 fully saturated rings. The zero-order valence-electron chi connectivity index (χ0n) is 17.5. The zero-order chi connectivity index (χ0) is 20.8. The van der Waals surface area contributed by atoms with Crippen molar-refractivity contribution in [2.75, 3.05) is 19.7 Å². The van der Waals surface area contributed by atoms with Crippen LogP contribution in [0.2, 0.25) is 0 Å². The summed E-state index contributed by atoms with van der Waals surface area (Å²) in [5.41, 5.74) is 2.42. The Hall–Kier alpha value is -2.82. The van der Waals surface area contributed by atoms with Crippen molar-refractivity contribution in [1.82, 2.24) is 10.2 Å². The first-order chi connectivity index (χ1) is 13.9. The molecule has 2 amide bonds. The van der Waals surface area contributed by atoms with Crippen LogP contribution in [0.25, 0.3) is 0 Å². The molecular weight excluding hydrogens is 364 g/mol. The number of ether oxygens (including phenoxy) is 1. The molecule has 0 aromatic heterocycles. The smallest absolute Gasteiger partial charge is 0.254 e. The van der Waals surface area contributed by atoms with Gasteiger partial charge in [-0.1, -0.05) is 18.2 Å². The zero-order valence-corrected chi connectivity index (χ0v) is 17.5. The van der Waals surface area contributed by atoms with Gasteiger partial charge in [0.15, 0.2) is 0 Å². The van der Waals surface area contributed by atoms with Crippen LogP contribution in [0.1, 0.15) is 53.0 Å². The second kappa shape index (κ2) is 9.59. The molecule has 29 heavy (non-hydrogen) atoms. The average molecular weight is 395 g/mol. The molecule has 0 bridgehead atoms. The molecule has 1 unspecified atom stereocenters. The van der Waals surface area contributed by atoms with E-state index in [1.165, 1.54) is 0 Å². The Bertz CT molecular complexity index is 845. The summed E-state index contributed by atoms with van der Waals surface area (Å²) in [6.45, 7) is 7.92. The number of aryl methyl sites for hydroxylation is 1. The molecule has 1 aliphatic heterocycles. The molecule has 1 aliphatic rings. The molecule has 0 saturated carbocycles. The highest BCUT2D eigenvalue weighted by atomic mass is 16.5. The van der Waals surface area contributed by atoms with Gasteiger partial charge in [-0.2, -0.15) is 0 Å².